The largest absolute Gasteiger partial charge is 0.481 e. The van der Waals surface area contributed by atoms with E-state index in [9.17, 15) is 23.5 Å². The van der Waals surface area contributed by atoms with E-state index in [1.54, 1.807) is 6.92 Å². The summed E-state index contributed by atoms with van der Waals surface area (Å²) >= 11 is 0. The Morgan fingerprint density at radius 1 is 1.26 bits per heavy atom. The van der Waals surface area contributed by atoms with Gasteiger partial charge in [-0.25, -0.2) is 4.68 Å². The van der Waals surface area contributed by atoms with Crippen molar-refractivity contribution in [3.05, 3.63) is 52.3 Å². The van der Waals surface area contributed by atoms with Crippen molar-refractivity contribution >= 4 is 11.9 Å². The fraction of sp³-hybridized carbons (Fsp3) is 0.421. The molecule has 0 aliphatic rings. The van der Waals surface area contributed by atoms with Gasteiger partial charge in [-0.1, -0.05) is 29.8 Å². The highest BCUT2D eigenvalue weighted by molar-refractivity contribution is 5.80. The molecule has 1 unspecified atom stereocenters. The van der Waals surface area contributed by atoms with Gasteiger partial charge in [0, 0.05) is 17.8 Å². The summed E-state index contributed by atoms with van der Waals surface area (Å²) < 4.78 is 26.3. The van der Waals surface area contributed by atoms with Crippen molar-refractivity contribution in [3.8, 4) is 0 Å². The first kappa shape index (κ1) is 20.5. The molecule has 27 heavy (non-hydrogen) atoms. The summed E-state index contributed by atoms with van der Waals surface area (Å²) in [4.78, 5) is 23.7. The predicted octanol–water partition coefficient (Wildman–Crippen LogP) is 2.81. The predicted molar refractivity (Wildman–Crippen MR) is 95.7 cm³/mol. The Bertz CT molecular complexity index is 834. The molecule has 1 heterocycles. The lowest BCUT2D eigenvalue weighted by Gasteiger charge is -2.14. The zero-order valence-electron chi connectivity index (χ0n) is 15.5. The van der Waals surface area contributed by atoms with E-state index in [1.165, 1.54) is 6.92 Å². The molecular formula is C19H23F2N3O3. The fourth-order valence-electron chi connectivity index (χ4n) is 2.97. The van der Waals surface area contributed by atoms with Crippen LogP contribution in [0.3, 0.4) is 0 Å². The summed E-state index contributed by atoms with van der Waals surface area (Å²) in [5.41, 5.74) is 2.92. The number of nitrogens with zero attached hydrogens (tertiary/aromatic N) is 2. The maximum absolute atomic E-state index is 12.9. The molecule has 0 bridgehead atoms. The molecule has 0 radical (unpaired) electrons. The standard InChI is InChI=1S/C19H23F2N3O3/c1-11-5-4-6-14(7-11)8-15(18(26)27)10-22-17(25)9-16-12(2)23-24(13(16)3)19(20)21/h4-7,15,19H,8-10H2,1-3H3,(H,22,25)(H,26,27). The van der Waals surface area contributed by atoms with Gasteiger partial charge in [0.25, 0.3) is 0 Å². The molecule has 1 aromatic heterocycles. The third-order valence-electron chi connectivity index (χ3n) is 4.46. The normalized spacial score (nSPS) is 12.2. The molecule has 1 amide bonds. The smallest absolute Gasteiger partial charge is 0.333 e. The van der Waals surface area contributed by atoms with Gasteiger partial charge in [0.15, 0.2) is 0 Å². The van der Waals surface area contributed by atoms with Crippen LogP contribution < -0.4 is 5.32 Å². The Morgan fingerprint density at radius 2 is 1.96 bits per heavy atom. The van der Waals surface area contributed by atoms with Crippen LogP contribution in [0.2, 0.25) is 0 Å². The van der Waals surface area contributed by atoms with Crippen LogP contribution in [0.4, 0.5) is 8.78 Å². The number of carbonyl (C=O) groups excluding carboxylic acids is 1. The number of carboxylic acid groups (broad SMARTS) is 1. The topological polar surface area (TPSA) is 84.2 Å². The molecule has 1 aromatic carbocycles. The molecule has 1 atom stereocenters. The zero-order valence-corrected chi connectivity index (χ0v) is 15.5. The SMILES string of the molecule is Cc1cccc(CC(CNC(=O)Cc2c(C)nn(C(F)F)c2C)C(=O)O)c1. The molecule has 0 saturated heterocycles. The van der Waals surface area contributed by atoms with E-state index >= 15 is 0 Å². The maximum Gasteiger partial charge on any atom is 0.333 e. The lowest BCUT2D eigenvalue weighted by Crippen LogP contribution is -2.35. The molecule has 6 nitrogen and oxygen atoms in total. The molecule has 146 valence electrons. The number of halogens is 2. The maximum atomic E-state index is 12.9. The highest BCUT2D eigenvalue weighted by atomic mass is 19.3. The number of aromatic nitrogens is 2. The van der Waals surface area contributed by atoms with Gasteiger partial charge in [-0.15, -0.1) is 0 Å². The number of carboxylic acids is 1. The van der Waals surface area contributed by atoms with E-state index in [2.05, 4.69) is 10.4 Å². The van der Waals surface area contributed by atoms with Gasteiger partial charge >= 0.3 is 12.5 Å². The Morgan fingerprint density at radius 3 is 2.52 bits per heavy atom. The number of aliphatic carboxylic acids is 1. The van der Waals surface area contributed by atoms with E-state index in [1.807, 2.05) is 31.2 Å². The molecule has 0 fully saturated rings. The molecular weight excluding hydrogens is 356 g/mol. The van der Waals surface area contributed by atoms with Crippen LogP contribution in [-0.2, 0) is 22.4 Å². The third-order valence-corrected chi connectivity index (χ3v) is 4.46. The average Bonchev–Trinajstić information content (AvgIpc) is 2.86. The van der Waals surface area contributed by atoms with Crippen molar-refractivity contribution in [1.29, 1.82) is 0 Å². The lowest BCUT2D eigenvalue weighted by atomic mass is 9.98. The second kappa shape index (κ2) is 8.75. The van der Waals surface area contributed by atoms with Crippen molar-refractivity contribution in [2.45, 2.75) is 40.2 Å². The first-order chi connectivity index (χ1) is 12.7. The number of aryl methyl sites for hydroxylation is 2. The minimum absolute atomic E-state index is 0.0385. The molecule has 0 aliphatic carbocycles. The van der Waals surface area contributed by atoms with Crippen molar-refractivity contribution in [3.63, 3.8) is 0 Å². The van der Waals surface area contributed by atoms with Crippen LogP contribution in [-0.4, -0.2) is 33.3 Å². The van der Waals surface area contributed by atoms with E-state index in [0.29, 0.717) is 22.4 Å². The summed E-state index contributed by atoms with van der Waals surface area (Å²) in [5.74, 6) is -2.21. The third kappa shape index (κ3) is 5.35. The first-order valence-corrected chi connectivity index (χ1v) is 8.56. The number of rotatable bonds is 8. The summed E-state index contributed by atoms with van der Waals surface area (Å²) in [6, 6.07) is 7.53. The molecule has 8 heteroatoms. The van der Waals surface area contributed by atoms with Gasteiger partial charge in [0.1, 0.15) is 0 Å². The zero-order chi connectivity index (χ0) is 20.1. The summed E-state index contributed by atoms with van der Waals surface area (Å²) in [5, 5.41) is 15.8. The highest BCUT2D eigenvalue weighted by Crippen LogP contribution is 2.19. The fourth-order valence-corrected chi connectivity index (χ4v) is 2.97. The van der Waals surface area contributed by atoms with E-state index in [4.69, 9.17) is 0 Å². The van der Waals surface area contributed by atoms with Crippen LogP contribution in [0.1, 0.15) is 34.6 Å². The van der Waals surface area contributed by atoms with Crippen LogP contribution in [0.25, 0.3) is 0 Å². The van der Waals surface area contributed by atoms with Crippen LogP contribution in [0.5, 0.6) is 0 Å². The van der Waals surface area contributed by atoms with Gasteiger partial charge in [-0.3, -0.25) is 9.59 Å². The van der Waals surface area contributed by atoms with Crippen molar-refractivity contribution in [1.82, 2.24) is 15.1 Å². The number of hydrogen-bond acceptors (Lipinski definition) is 3. The Labute approximate surface area is 156 Å². The van der Waals surface area contributed by atoms with Crippen molar-refractivity contribution in [2.24, 2.45) is 5.92 Å². The van der Waals surface area contributed by atoms with E-state index < -0.39 is 24.3 Å². The van der Waals surface area contributed by atoms with Gasteiger partial charge in [0.2, 0.25) is 5.91 Å². The summed E-state index contributed by atoms with van der Waals surface area (Å²) in [6.45, 7) is 2.15. The monoisotopic (exact) mass is 379 g/mol. The number of carbonyl (C=O) groups is 2. The second-order valence-corrected chi connectivity index (χ2v) is 6.58. The van der Waals surface area contributed by atoms with E-state index in [-0.39, 0.29) is 18.7 Å². The summed E-state index contributed by atoms with van der Waals surface area (Å²) in [7, 11) is 0. The Kier molecular flexibility index (Phi) is 6.65. The first-order valence-electron chi connectivity index (χ1n) is 8.56. The molecule has 0 saturated carbocycles. The molecule has 0 aliphatic heterocycles. The number of hydrogen-bond donors (Lipinski definition) is 2. The number of nitrogens with one attached hydrogen (secondary N) is 1. The molecule has 2 aromatic rings. The number of amides is 1. The second-order valence-electron chi connectivity index (χ2n) is 6.58. The minimum Gasteiger partial charge on any atom is -0.481 e. The number of benzene rings is 1. The lowest BCUT2D eigenvalue weighted by molar-refractivity contribution is -0.141. The Hall–Kier alpha value is -2.77. The molecule has 2 N–H and O–H groups in total. The van der Waals surface area contributed by atoms with E-state index in [0.717, 1.165) is 11.1 Å². The Balaban J connectivity index is 1.99. The van der Waals surface area contributed by atoms with Gasteiger partial charge < -0.3 is 10.4 Å². The van der Waals surface area contributed by atoms with Crippen LogP contribution in [0.15, 0.2) is 24.3 Å². The van der Waals surface area contributed by atoms with Crippen LogP contribution in [0, 0.1) is 26.7 Å². The highest BCUT2D eigenvalue weighted by Gasteiger charge is 2.22. The quantitative estimate of drug-likeness (QED) is 0.739. The van der Waals surface area contributed by atoms with Crippen LogP contribution >= 0.6 is 0 Å². The van der Waals surface area contributed by atoms with Gasteiger partial charge in [0.05, 0.1) is 18.0 Å². The van der Waals surface area contributed by atoms with Gasteiger partial charge in [-0.05, 0) is 32.8 Å². The van der Waals surface area contributed by atoms with Crippen molar-refractivity contribution < 1.29 is 23.5 Å². The van der Waals surface area contributed by atoms with Crippen molar-refractivity contribution in [2.75, 3.05) is 6.54 Å². The summed E-state index contributed by atoms with van der Waals surface area (Å²) in [6.07, 6.45) is 0.167. The van der Waals surface area contributed by atoms with Gasteiger partial charge in [-0.2, -0.15) is 13.9 Å². The molecule has 0 spiro atoms. The minimum atomic E-state index is -2.77. The number of alkyl halides is 2. The molecule has 2 rings (SSSR count). The average molecular weight is 379 g/mol.